The molecule has 4 heterocycles. The molecule has 8 aromatic carbocycles. The summed E-state index contributed by atoms with van der Waals surface area (Å²) in [7, 11) is 0. The first kappa shape index (κ1) is 26.9. The highest BCUT2D eigenvalue weighted by molar-refractivity contribution is 6.41. The van der Waals surface area contributed by atoms with Gasteiger partial charge in [0.15, 0.2) is 11.6 Å². The Morgan fingerprint density at radius 3 is 1.75 bits per heavy atom. The average Bonchev–Trinajstić information content (AvgIpc) is 3.87. The fourth-order valence-corrected chi connectivity index (χ4v) is 8.28. The normalized spacial score (nSPS) is 12.3. The number of benzene rings is 7. The summed E-state index contributed by atoms with van der Waals surface area (Å²) in [5, 5.41) is 11.0. The van der Waals surface area contributed by atoms with E-state index in [1.165, 1.54) is 0 Å². The molecule has 4 aromatic heterocycles. The van der Waals surface area contributed by atoms with Crippen LogP contribution in [0.15, 0.2) is 154 Å². The molecule has 6 heteroatoms. The third-order valence-electron chi connectivity index (χ3n) is 10.4. The van der Waals surface area contributed by atoms with Crippen molar-refractivity contribution < 1.29 is 8.83 Å². The van der Waals surface area contributed by atoms with Crippen LogP contribution in [-0.2, 0) is 0 Å². The molecule has 0 unspecified atom stereocenters. The molecule has 0 saturated heterocycles. The van der Waals surface area contributed by atoms with E-state index < -0.39 is 0 Å². The summed E-state index contributed by atoms with van der Waals surface area (Å²) in [6.07, 6.45) is 0. The summed E-state index contributed by atoms with van der Waals surface area (Å²) in [5.41, 5.74) is 7.19. The van der Waals surface area contributed by atoms with E-state index in [0.29, 0.717) is 17.6 Å². The average molecular weight is 653 g/mol. The Labute approximate surface area is 289 Å². The summed E-state index contributed by atoms with van der Waals surface area (Å²) in [6, 6.07) is 50.1. The van der Waals surface area contributed by atoms with Gasteiger partial charge in [-0.05, 0) is 51.9 Å². The highest BCUT2D eigenvalue weighted by atomic mass is 16.3. The molecule has 0 radical (unpaired) electrons. The van der Waals surface area contributed by atoms with Crippen LogP contribution in [0, 0.1) is 0 Å². The summed E-state index contributed by atoms with van der Waals surface area (Å²) >= 11 is 0. The Kier molecular flexibility index (Phi) is 5.14. The van der Waals surface area contributed by atoms with Gasteiger partial charge in [0.2, 0.25) is 5.95 Å². The molecule has 0 N–H and O–H groups in total. The van der Waals surface area contributed by atoms with Gasteiger partial charge in [-0.2, -0.15) is 9.97 Å². The van der Waals surface area contributed by atoms with Crippen molar-refractivity contribution in [1.82, 2.24) is 19.5 Å². The molecule has 51 heavy (non-hydrogen) atoms. The zero-order valence-corrected chi connectivity index (χ0v) is 27.0. The predicted molar refractivity (Wildman–Crippen MR) is 206 cm³/mol. The molecule has 0 saturated carbocycles. The van der Waals surface area contributed by atoms with Gasteiger partial charge in [-0.15, -0.1) is 0 Å². The summed E-state index contributed by atoms with van der Waals surface area (Å²) in [4.78, 5) is 15.4. The fourth-order valence-electron chi connectivity index (χ4n) is 8.28. The lowest BCUT2D eigenvalue weighted by Crippen LogP contribution is -2.06. The first-order chi connectivity index (χ1) is 25.3. The molecule has 0 aliphatic rings. The Bertz CT molecular complexity index is 3300. The van der Waals surface area contributed by atoms with Crippen LogP contribution in [0.2, 0.25) is 0 Å². The van der Waals surface area contributed by atoms with Crippen molar-refractivity contribution in [3.8, 4) is 28.7 Å². The van der Waals surface area contributed by atoms with Crippen molar-refractivity contribution >= 4 is 87.2 Å². The van der Waals surface area contributed by atoms with E-state index in [-0.39, 0.29) is 0 Å². The molecule has 12 rings (SSSR count). The number of hydrogen-bond donors (Lipinski definition) is 0. The van der Waals surface area contributed by atoms with Gasteiger partial charge in [0.05, 0.1) is 16.4 Å². The first-order valence-corrected chi connectivity index (χ1v) is 17.0. The minimum Gasteiger partial charge on any atom is -0.456 e. The minimum atomic E-state index is 0.558. The molecule has 0 bridgehead atoms. The van der Waals surface area contributed by atoms with Crippen LogP contribution in [0.3, 0.4) is 0 Å². The van der Waals surface area contributed by atoms with Gasteiger partial charge < -0.3 is 8.83 Å². The summed E-state index contributed by atoms with van der Waals surface area (Å²) in [5.74, 6) is 1.79. The molecule has 12 aromatic rings. The van der Waals surface area contributed by atoms with Crippen LogP contribution < -0.4 is 0 Å². The van der Waals surface area contributed by atoms with E-state index in [4.69, 9.17) is 23.8 Å². The molecule has 0 spiro atoms. The van der Waals surface area contributed by atoms with Crippen LogP contribution in [0.25, 0.3) is 116 Å². The SMILES string of the molecule is c1ccc(-c2nc(-c3ccccc3)nc(-n3c4cccc5c6ccccc6c6cc7oc8ccccc8c7c7oc8ccc3c(c8c67)c54)n2)cc1. The fraction of sp³-hybridized carbons (Fsp3) is 0. The highest BCUT2D eigenvalue weighted by Gasteiger charge is 2.26. The third kappa shape index (κ3) is 3.57. The number of rotatable bonds is 3. The van der Waals surface area contributed by atoms with Crippen molar-refractivity contribution in [3.05, 3.63) is 146 Å². The Morgan fingerprint density at radius 1 is 0.373 bits per heavy atom. The Morgan fingerprint density at radius 2 is 1.00 bits per heavy atom. The van der Waals surface area contributed by atoms with Gasteiger partial charge in [0.25, 0.3) is 0 Å². The van der Waals surface area contributed by atoms with Gasteiger partial charge in [-0.25, -0.2) is 4.98 Å². The van der Waals surface area contributed by atoms with E-state index in [1.807, 2.05) is 72.8 Å². The van der Waals surface area contributed by atoms with E-state index >= 15 is 0 Å². The maximum absolute atomic E-state index is 6.93. The van der Waals surface area contributed by atoms with Gasteiger partial charge in [0.1, 0.15) is 22.3 Å². The number of hydrogen-bond acceptors (Lipinski definition) is 5. The van der Waals surface area contributed by atoms with Crippen molar-refractivity contribution in [2.24, 2.45) is 0 Å². The summed E-state index contributed by atoms with van der Waals surface area (Å²) < 4.78 is 15.6. The predicted octanol–water partition coefficient (Wildman–Crippen LogP) is 11.8. The monoisotopic (exact) mass is 652 g/mol. The maximum Gasteiger partial charge on any atom is 0.238 e. The molecule has 236 valence electrons. The Hall–Kier alpha value is -7.05. The third-order valence-corrected chi connectivity index (χ3v) is 10.4. The highest BCUT2D eigenvalue weighted by Crippen LogP contribution is 2.49. The van der Waals surface area contributed by atoms with Gasteiger partial charge in [-0.3, -0.25) is 4.57 Å². The van der Waals surface area contributed by atoms with Crippen LogP contribution in [0.4, 0.5) is 0 Å². The van der Waals surface area contributed by atoms with E-state index in [1.54, 1.807) is 0 Å². The van der Waals surface area contributed by atoms with E-state index in [0.717, 1.165) is 98.4 Å². The quantitative estimate of drug-likeness (QED) is 0.190. The second-order valence-corrected chi connectivity index (χ2v) is 13.1. The van der Waals surface area contributed by atoms with Crippen molar-refractivity contribution in [2.45, 2.75) is 0 Å². The molecular formula is C45H24N4O2. The van der Waals surface area contributed by atoms with Crippen LogP contribution in [0.5, 0.6) is 0 Å². The maximum atomic E-state index is 6.93. The van der Waals surface area contributed by atoms with Gasteiger partial charge in [-0.1, -0.05) is 115 Å². The van der Waals surface area contributed by atoms with Crippen LogP contribution in [-0.4, -0.2) is 19.5 Å². The zero-order valence-electron chi connectivity index (χ0n) is 27.0. The lowest BCUT2D eigenvalue weighted by molar-refractivity contribution is 0.663. The zero-order chi connectivity index (χ0) is 33.2. The molecule has 6 nitrogen and oxygen atoms in total. The van der Waals surface area contributed by atoms with Crippen molar-refractivity contribution in [1.29, 1.82) is 0 Å². The van der Waals surface area contributed by atoms with E-state index in [2.05, 4.69) is 77.4 Å². The van der Waals surface area contributed by atoms with Crippen LogP contribution >= 0.6 is 0 Å². The number of nitrogens with zero attached hydrogens (tertiary/aromatic N) is 4. The lowest BCUT2D eigenvalue weighted by atomic mass is 9.93. The van der Waals surface area contributed by atoms with Crippen LogP contribution in [0.1, 0.15) is 0 Å². The lowest BCUT2D eigenvalue weighted by Gasteiger charge is -2.11. The van der Waals surface area contributed by atoms with Crippen molar-refractivity contribution in [3.63, 3.8) is 0 Å². The Balaban J connectivity index is 1.31. The van der Waals surface area contributed by atoms with Gasteiger partial charge in [0, 0.05) is 38.1 Å². The topological polar surface area (TPSA) is 69.9 Å². The molecule has 0 amide bonds. The number of para-hydroxylation sites is 1. The molecule has 0 aliphatic heterocycles. The number of furan rings is 2. The summed E-state index contributed by atoms with van der Waals surface area (Å²) in [6.45, 7) is 0. The second kappa shape index (κ2) is 9.77. The number of aromatic nitrogens is 4. The molecule has 0 aliphatic carbocycles. The standard InChI is InChI=1S/C45H24N4O2/c1-3-12-25(13-4-1)43-46-44(26-14-5-2-6-15-26)48-45(47-43)49-32-20-11-19-29-27-16-7-8-17-28(27)31-24-36-38(30-18-9-10-21-34(30)50-36)42-39(31)41-35(51-42)23-22-33(49)40(41)37(29)32/h1-24H. The van der Waals surface area contributed by atoms with E-state index in [9.17, 15) is 0 Å². The van der Waals surface area contributed by atoms with Crippen molar-refractivity contribution in [2.75, 3.05) is 0 Å². The number of fused-ring (bicyclic) bond motifs is 7. The second-order valence-electron chi connectivity index (χ2n) is 13.1. The smallest absolute Gasteiger partial charge is 0.238 e. The molecule has 0 fully saturated rings. The minimum absolute atomic E-state index is 0.558. The first-order valence-electron chi connectivity index (χ1n) is 17.0. The molecular weight excluding hydrogens is 629 g/mol. The van der Waals surface area contributed by atoms with Gasteiger partial charge >= 0.3 is 0 Å². The largest absolute Gasteiger partial charge is 0.456 e. The molecule has 0 atom stereocenters.